The standard InChI is InChI=1S/C12H14N2O2S/c1-12(10(15)13-11(16)14-12)8-17-7-9-5-3-2-4-6-9/h2-6H,7-8H2,1H3,(H2,13,14,15,16)/p+1/t12-/m1/s1. The Labute approximate surface area is 104 Å². The van der Waals surface area contributed by atoms with E-state index < -0.39 is 11.6 Å². The van der Waals surface area contributed by atoms with Gasteiger partial charge in [0.2, 0.25) is 0 Å². The predicted octanol–water partition coefficient (Wildman–Crippen LogP) is 0.600. The van der Waals surface area contributed by atoms with Gasteiger partial charge in [-0.1, -0.05) is 30.3 Å². The van der Waals surface area contributed by atoms with Crippen LogP contribution in [0.5, 0.6) is 0 Å². The van der Waals surface area contributed by atoms with Gasteiger partial charge in [-0.3, -0.25) is 10.1 Å². The van der Waals surface area contributed by atoms with Crippen molar-refractivity contribution in [1.29, 1.82) is 0 Å². The van der Waals surface area contributed by atoms with Gasteiger partial charge in [-0.15, -0.1) is 0 Å². The summed E-state index contributed by atoms with van der Waals surface area (Å²) in [7, 11) is 0. The van der Waals surface area contributed by atoms with Crippen molar-refractivity contribution in [1.82, 2.24) is 10.6 Å². The number of urea groups is 1. The molecule has 17 heavy (non-hydrogen) atoms. The minimum absolute atomic E-state index is 0.233. The van der Waals surface area contributed by atoms with Gasteiger partial charge in [-0.25, -0.2) is 4.79 Å². The molecule has 0 aliphatic carbocycles. The summed E-state index contributed by atoms with van der Waals surface area (Å²) in [5, 5.41) is 4.92. The quantitative estimate of drug-likeness (QED) is 0.468. The van der Waals surface area contributed by atoms with Crippen LogP contribution < -0.4 is 10.6 Å². The zero-order chi connectivity index (χ0) is 12.3. The topological polar surface area (TPSA) is 58.2 Å². The molecule has 0 radical (unpaired) electrons. The minimum atomic E-state index is -0.757. The van der Waals surface area contributed by atoms with E-state index in [1.807, 2.05) is 18.2 Å². The molecule has 0 aromatic heterocycles. The molecule has 1 aliphatic heterocycles. The van der Waals surface area contributed by atoms with Crippen molar-refractivity contribution >= 4 is 23.7 Å². The van der Waals surface area contributed by atoms with E-state index in [1.165, 1.54) is 5.56 Å². The molecule has 3 amide bonds. The molecule has 5 heteroatoms. The van der Waals surface area contributed by atoms with Gasteiger partial charge >= 0.3 is 6.03 Å². The molecule has 4 nitrogen and oxygen atoms in total. The lowest BCUT2D eigenvalue weighted by molar-refractivity contribution is -0.122. The number of hydrogen-bond donors (Lipinski definition) is 2. The van der Waals surface area contributed by atoms with E-state index in [1.54, 1.807) is 6.92 Å². The largest absolute Gasteiger partial charge is 0.322 e. The Kier molecular flexibility index (Phi) is 3.38. The fourth-order valence-corrected chi connectivity index (χ4v) is 2.93. The average molecular weight is 251 g/mol. The van der Waals surface area contributed by atoms with Crippen LogP contribution in [0.1, 0.15) is 12.5 Å². The van der Waals surface area contributed by atoms with Crippen molar-refractivity contribution in [3.05, 3.63) is 35.9 Å². The lowest BCUT2D eigenvalue weighted by Gasteiger charge is -2.15. The minimum Gasteiger partial charge on any atom is -0.319 e. The van der Waals surface area contributed by atoms with Crippen molar-refractivity contribution in [2.45, 2.75) is 18.2 Å². The van der Waals surface area contributed by atoms with Gasteiger partial charge in [-0.2, -0.15) is 0 Å². The van der Waals surface area contributed by atoms with Gasteiger partial charge in [0.1, 0.15) is 11.5 Å². The zero-order valence-electron chi connectivity index (χ0n) is 9.56. The lowest BCUT2D eigenvalue weighted by Crippen LogP contribution is -2.47. The third kappa shape index (κ3) is 2.79. The smallest absolute Gasteiger partial charge is 0.319 e. The highest BCUT2D eigenvalue weighted by Gasteiger charge is 2.44. The van der Waals surface area contributed by atoms with Crippen molar-refractivity contribution in [2.24, 2.45) is 0 Å². The van der Waals surface area contributed by atoms with Gasteiger partial charge in [-0.05, 0) is 18.7 Å². The Morgan fingerprint density at radius 3 is 2.53 bits per heavy atom. The molecule has 2 N–H and O–H groups in total. The van der Waals surface area contributed by atoms with Gasteiger partial charge in [0.15, 0.2) is 5.54 Å². The summed E-state index contributed by atoms with van der Waals surface area (Å²) in [6.45, 7) is 1.76. The first kappa shape index (κ1) is 12.0. The average Bonchev–Trinajstić information content (AvgIpc) is 2.54. The van der Waals surface area contributed by atoms with Crippen LogP contribution >= 0.6 is 0 Å². The molecular formula is C12H15N2O2S+. The first-order valence-electron chi connectivity index (χ1n) is 5.41. The molecule has 1 atom stereocenters. The zero-order valence-corrected chi connectivity index (χ0v) is 10.5. The molecule has 2 rings (SSSR count). The second kappa shape index (κ2) is 4.79. The van der Waals surface area contributed by atoms with E-state index in [0.717, 1.165) is 17.5 Å². The second-order valence-electron chi connectivity index (χ2n) is 4.27. The van der Waals surface area contributed by atoms with Crippen molar-refractivity contribution in [3.8, 4) is 0 Å². The lowest BCUT2D eigenvalue weighted by atomic mass is 10.1. The summed E-state index contributed by atoms with van der Waals surface area (Å²) in [4.78, 5) is 22.6. The van der Waals surface area contributed by atoms with Crippen LogP contribution in [0.4, 0.5) is 4.79 Å². The van der Waals surface area contributed by atoms with E-state index in [0.29, 0.717) is 5.75 Å². The highest BCUT2D eigenvalue weighted by atomic mass is 32.2. The maximum atomic E-state index is 11.5. The Morgan fingerprint density at radius 2 is 1.94 bits per heavy atom. The number of rotatable bonds is 4. The summed E-state index contributed by atoms with van der Waals surface area (Å²) in [6, 6.07) is 9.69. The van der Waals surface area contributed by atoms with E-state index in [9.17, 15) is 9.59 Å². The van der Waals surface area contributed by atoms with Crippen LogP contribution in [0.15, 0.2) is 30.3 Å². The number of amides is 3. The number of hydrogen-bond acceptors (Lipinski definition) is 2. The van der Waals surface area contributed by atoms with Crippen LogP contribution in [0.25, 0.3) is 0 Å². The maximum Gasteiger partial charge on any atom is 0.322 e. The van der Waals surface area contributed by atoms with Crippen molar-refractivity contribution in [2.75, 3.05) is 5.75 Å². The van der Waals surface area contributed by atoms with Crippen LogP contribution in [-0.4, -0.2) is 23.2 Å². The molecule has 0 unspecified atom stereocenters. The van der Waals surface area contributed by atoms with Crippen LogP contribution in [0.3, 0.4) is 0 Å². The fraction of sp³-hybridized carbons (Fsp3) is 0.333. The Balaban J connectivity index is 1.87. The van der Waals surface area contributed by atoms with E-state index >= 15 is 0 Å². The number of thiol groups is 1. The first-order valence-corrected chi connectivity index (χ1v) is 6.67. The molecule has 1 fully saturated rings. The van der Waals surface area contributed by atoms with E-state index in [2.05, 4.69) is 22.8 Å². The fourth-order valence-electron chi connectivity index (χ4n) is 1.68. The Bertz CT molecular complexity index is 435. The van der Waals surface area contributed by atoms with Gasteiger partial charge in [0, 0.05) is 5.56 Å². The van der Waals surface area contributed by atoms with Gasteiger partial charge in [0.05, 0.1) is 0 Å². The number of nitrogens with one attached hydrogen (secondary N) is 2. The summed E-state index contributed by atoms with van der Waals surface area (Å²) in [5.41, 5.74) is 0.482. The third-order valence-corrected chi connectivity index (χ3v) is 4.13. The number of imide groups is 1. The summed E-state index contributed by atoms with van der Waals surface area (Å²) < 4.78 is 0. The number of benzene rings is 1. The highest BCUT2D eigenvalue weighted by molar-refractivity contribution is 7.77. The first-order chi connectivity index (χ1) is 8.10. The molecule has 0 spiro atoms. The maximum absolute atomic E-state index is 11.5. The summed E-state index contributed by atoms with van der Waals surface area (Å²) in [6.07, 6.45) is 0. The number of carbonyl (C=O) groups is 2. The molecule has 0 bridgehead atoms. The van der Waals surface area contributed by atoms with Gasteiger partial charge in [0.25, 0.3) is 5.91 Å². The normalized spacial score (nSPS) is 23.4. The highest BCUT2D eigenvalue weighted by Crippen LogP contribution is 2.12. The van der Waals surface area contributed by atoms with Crippen molar-refractivity contribution < 1.29 is 9.59 Å². The molecule has 1 saturated heterocycles. The SMILES string of the molecule is C[C@]1(C[SH+]Cc2ccccc2)NC(=O)NC1=O. The van der Waals surface area contributed by atoms with Gasteiger partial charge < -0.3 is 5.32 Å². The molecule has 1 heterocycles. The van der Waals surface area contributed by atoms with Crippen molar-refractivity contribution in [3.63, 3.8) is 0 Å². The summed E-state index contributed by atoms with van der Waals surface area (Å²) >= 11 is 1.12. The Hall–Kier alpha value is -1.49. The number of carbonyl (C=O) groups excluding carboxylic acids is 2. The van der Waals surface area contributed by atoms with Crippen LogP contribution in [-0.2, 0) is 22.3 Å². The predicted molar refractivity (Wildman–Crippen MR) is 68.9 cm³/mol. The molecule has 1 aromatic rings. The third-order valence-electron chi connectivity index (χ3n) is 2.68. The molecule has 90 valence electrons. The molecule has 1 aromatic carbocycles. The van der Waals surface area contributed by atoms with Crippen LogP contribution in [0.2, 0.25) is 0 Å². The Morgan fingerprint density at radius 1 is 1.24 bits per heavy atom. The molecular weight excluding hydrogens is 236 g/mol. The molecule has 0 saturated carbocycles. The van der Waals surface area contributed by atoms with E-state index in [-0.39, 0.29) is 5.91 Å². The van der Waals surface area contributed by atoms with Crippen LogP contribution in [0, 0.1) is 0 Å². The monoisotopic (exact) mass is 251 g/mol. The molecule has 1 aliphatic rings. The summed E-state index contributed by atoms with van der Waals surface area (Å²) in [5.74, 6) is 1.28. The second-order valence-corrected chi connectivity index (χ2v) is 5.35. The van der Waals surface area contributed by atoms with E-state index in [4.69, 9.17) is 0 Å².